The number of hydrogen-bond acceptors (Lipinski definition) is 1. The number of alkyl halides is 2. The summed E-state index contributed by atoms with van der Waals surface area (Å²) in [6.45, 7) is 0. The molecular formula is C9H8F2O. The lowest BCUT2D eigenvalue weighted by molar-refractivity contribution is -0.193. The number of ether oxygens (including phenoxy) is 1. The van der Waals surface area contributed by atoms with Gasteiger partial charge in [-0.1, -0.05) is 18.2 Å². The molecule has 0 bridgehead atoms. The molecule has 12 heavy (non-hydrogen) atoms. The molecule has 1 aliphatic carbocycles. The average molecular weight is 170 g/mol. The van der Waals surface area contributed by atoms with Crippen molar-refractivity contribution in [1.82, 2.24) is 0 Å². The Kier molecular flexibility index (Phi) is 1.53. The zero-order valence-electron chi connectivity index (χ0n) is 6.39. The Balaban J connectivity index is 2.29. The van der Waals surface area contributed by atoms with Crippen molar-refractivity contribution in [1.29, 1.82) is 0 Å². The Morgan fingerprint density at radius 1 is 1.25 bits per heavy atom. The van der Waals surface area contributed by atoms with E-state index < -0.39 is 6.11 Å². The summed E-state index contributed by atoms with van der Waals surface area (Å²) in [7, 11) is 0. The third-order valence-corrected chi connectivity index (χ3v) is 1.83. The van der Waals surface area contributed by atoms with E-state index in [9.17, 15) is 8.78 Å². The molecule has 3 heteroatoms. The fraction of sp³-hybridized carbons (Fsp3) is 0.333. The van der Waals surface area contributed by atoms with Gasteiger partial charge in [0.25, 0.3) is 0 Å². The minimum absolute atomic E-state index is 0.302. The first-order chi connectivity index (χ1) is 5.67. The Bertz CT molecular complexity index is 261. The minimum Gasteiger partial charge on any atom is -0.432 e. The Morgan fingerprint density at radius 2 is 2.00 bits per heavy atom. The van der Waals surface area contributed by atoms with Crippen LogP contribution in [0.25, 0.3) is 0 Å². The maximum absolute atomic E-state index is 12.6. The predicted molar refractivity (Wildman–Crippen MR) is 40.6 cm³/mol. The highest BCUT2D eigenvalue weighted by molar-refractivity contribution is 5.35. The van der Waals surface area contributed by atoms with Gasteiger partial charge in [0.1, 0.15) is 5.76 Å². The normalized spacial score (nSPS) is 25.2. The van der Waals surface area contributed by atoms with Crippen LogP contribution >= 0.6 is 0 Å². The molecule has 2 aliphatic rings. The summed E-state index contributed by atoms with van der Waals surface area (Å²) >= 11 is 0. The topological polar surface area (TPSA) is 9.23 Å². The van der Waals surface area contributed by atoms with Crippen LogP contribution in [0.15, 0.2) is 35.6 Å². The highest BCUT2D eigenvalue weighted by atomic mass is 19.3. The first-order valence-electron chi connectivity index (χ1n) is 3.80. The minimum atomic E-state index is -3.00. The van der Waals surface area contributed by atoms with Crippen LogP contribution in [0.2, 0.25) is 0 Å². The molecule has 0 aromatic carbocycles. The van der Waals surface area contributed by atoms with Crippen LogP contribution in [0.5, 0.6) is 0 Å². The van der Waals surface area contributed by atoms with E-state index in [0.29, 0.717) is 11.3 Å². The standard InChI is InChI=1S/C9H8F2O/c10-9(11)6-7-4-2-1-3-5-8(7)12-9/h2-5H,1,6H2. The van der Waals surface area contributed by atoms with Gasteiger partial charge in [-0.3, -0.25) is 0 Å². The van der Waals surface area contributed by atoms with Gasteiger partial charge in [0, 0.05) is 5.57 Å². The molecule has 0 fully saturated rings. The van der Waals surface area contributed by atoms with Gasteiger partial charge >= 0.3 is 6.11 Å². The van der Waals surface area contributed by atoms with Crippen LogP contribution in [-0.2, 0) is 4.74 Å². The molecule has 2 rings (SSSR count). The van der Waals surface area contributed by atoms with E-state index in [1.54, 1.807) is 18.2 Å². The summed E-state index contributed by atoms with van der Waals surface area (Å²) in [5, 5.41) is 0. The molecule has 64 valence electrons. The molecule has 0 saturated heterocycles. The molecule has 1 heterocycles. The van der Waals surface area contributed by atoms with Crippen LogP contribution in [0.1, 0.15) is 12.8 Å². The summed E-state index contributed by atoms with van der Waals surface area (Å²) in [4.78, 5) is 0. The van der Waals surface area contributed by atoms with Gasteiger partial charge in [-0.15, -0.1) is 0 Å². The zero-order valence-corrected chi connectivity index (χ0v) is 6.39. The van der Waals surface area contributed by atoms with Crippen molar-refractivity contribution >= 4 is 0 Å². The van der Waals surface area contributed by atoms with Crippen molar-refractivity contribution in [2.75, 3.05) is 0 Å². The monoisotopic (exact) mass is 170 g/mol. The molecule has 0 saturated carbocycles. The number of rotatable bonds is 0. The molecule has 1 nitrogen and oxygen atoms in total. The third-order valence-electron chi connectivity index (χ3n) is 1.83. The van der Waals surface area contributed by atoms with Gasteiger partial charge < -0.3 is 4.74 Å². The SMILES string of the molecule is FC1(F)CC2=C(C=CCC=C2)O1. The van der Waals surface area contributed by atoms with Crippen LogP contribution in [0.4, 0.5) is 8.78 Å². The zero-order chi connectivity index (χ0) is 8.60. The van der Waals surface area contributed by atoms with E-state index in [1.807, 2.05) is 6.08 Å². The maximum atomic E-state index is 12.6. The van der Waals surface area contributed by atoms with Gasteiger partial charge in [-0.2, -0.15) is 8.78 Å². The highest BCUT2D eigenvalue weighted by Gasteiger charge is 2.39. The van der Waals surface area contributed by atoms with Gasteiger partial charge in [0.2, 0.25) is 0 Å². The second kappa shape index (κ2) is 2.44. The van der Waals surface area contributed by atoms with E-state index in [4.69, 9.17) is 0 Å². The molecule has 0 aromatic rings. The van der Waals surface area contributed by atoms with E-state index in [1.165, 1.54) is 0 Å². The summed E-state index contributed by atoms with van der Waals surface area (Å²) < 4.78 is 29.7. The lowest BCUT2D eigenvalue weighted by Crippen LogP contribution is -2.13. The van der Waals surface area contributed by atoms with Crippen LogP contribution in [0.3, 0.4) is 0 Å². The van der Waals surface area contributed by atoms with Crippen molar-refractivity contribution in [3.05, 3.63) is 35.6 Å². The van der Waals surface area contributed by atoms with Crippen molar-refractivity contribution in [2.45, 2.75) is 19.0 Å². The van der Waals surface area contributed by atoms with Crippen LogP contribution < -0.4 is 0 Å². The maximum Gasteiger partial charge on any atom is 0.402 e. The van der Waals surface area contributed by atoms with Gasteiger partial charge in [0.15, 0.2) is 0 Å². The van der Waals surface area contributed by atoms with Crippen molar-refractivity contribution < 1.29 is 13.5 Å². The molecule has 0 aromatic heterocycles. The van der Waals surface area contributed by atoms with Crippen molar-refractivity contribution in [3.63, 3.8) is 0 Å². The molecule has 0 unspecified atom stereocenters. The lowest BCUT2D eigenvalue weighted by atomic mass is 10.2. The Morgan fingerprint density at radius 3 is 2.83 bits per heavy atom. The van der Waals surface area contributed by atoms with Gasteiger partial charge in [-0.25, -0.2) is 0 Å². The summed E-state index contributed by atoms with van der Waals surface area (Å²) in [5.41, 5.74) is 0.591. The second-order valence-corrected chi connectivity index (χ2v) is 2.85. The highest BCUT2D eigenvalue weighted by Crippen LogP contribution is 2.38. The largest absolute Gasteiger partial charge is 0.432 e. The first-order valence-corrected chi connectivity index (χ1v) is 3.80. The molecule has 0 spiro atoms. The summed E-state index contributed by atoms with van der Waals surface area (Å²) in [6.07, 6.45) is 4.44. The first kappa shape index (κ1) is 7.53. The van der Waals surface area contributed by atoms with Gasteiger partial charge in [-0.05, 0) is 12.5 Å². The molecule has 0 atom stereocenters. The van der Waals surface area contributed by atoms with Gasteiger partial charge in [0.05, 0.1) is 6.42 Å². The number of hydrogen-bond donors (Lipinski definition) is 0. The fourth-order valence-electron chi connectivity index (χ4n) is 1.32. The molecule has 1 aliphatic heterocycles. The average Bonchev–Trinajstić information content (AvgIpc) is 2.17. The second-order valence-electron chi connectivity index (χ2n) is 2.85. The van der Waals surface area contributed by atoms with Crippen LogP contribution in [0, 0.1) is 0 Å². The van der Waals surface area contributed by atoms with E-state index in [2.05, 4.69) is 4.74 Å². The van der Waals surface area contributed by atoms with Crippen molar-refractivity contribution in [2.24, 2.45) is 0 Å². The summed E-state index contributed by atoms with van der Waals surface area (Å²) in [6, 6.07) is 0. The molecule has 0 radical (unpaired) electrons. The number of halogens is 2. The predicted octanol–water partition coefficient (Wildman–Crippen LogP) is 2.77. The summed E-state index contributed by atoms with van der Waals surface area (Å²) in [5.74, 6) is 0.314. The quantitative estimate of drug-likeness (QED) is 0.543. The van der Waals surface area contributed by atoms with E-state index in [-0.39, 0.29) is 6.42 Å². The number of allylic oxidation sites excluding steroid dienone is 4. The third kappa shape index (κ3) is 1.26. The van der Waals surface area contributed by atoms with E-state index in [0.717, 1.165) is 6.42 Å². The van der Waals surface area contributed by atoms with Crippen LogP contribution in [-0.4, -0.2) is 6.11 Å². The molecule has 0 N–H and O–H groups in total. The smallest absolute Gasteiger partial charge is 0.402 e. The molecule has 0 amide bonds. The van der Waals surface area contributed by atoms with E-state index >= 15 is 0 Å². The Hall–Kier alpha value is -1.12. The Labute approximate surface area is 69.0 Å². The molecular weight excluding hydrogens is 162 g/mol. The van der Waals surface area contributed by atoms with Crippen molar-refractivity contribution in [3.8, 4) is 0 Å². The fourth-order valence-corrected chi connectivity index (χ4v) is 1.32. The lowest BCUT2D eigenvalue weighted by Gasteiger charge is -2.08.